The molecule has 0 bridgehead atoms. The first-order valence-electron chi connectivity index (χ1n) is 5.96. The summed E-state index contributed by atoms with van der Waals surface area (Å²) in [5.41, 5.74) is 0. The zero-order valence-corrected chi connectivity index (χ0v) is 10.9. The maximum Gasteiger partial charge on any atom is 0.374 e. The smallest absolute Gasteiger partial charge is 0.374 e. The van der Waals surface area contributed by atoms with E-state index >= 15 is 0 Å². The summed E-state index contributed by atoms with van der Waals surface area (Å²) >= 11 is 1.76. The Kier molecular flexibility index (Phi) is 6.55. The van der Waals surface area contributed by atoms with Gasteiger partial charge in [-0.3, -0.25) is 4.79 Å². The fraction of sp³-hybridized carbons (Fsp3) is 0.538. The van der Waals surface area contributed by atoms with E-state index in [2.05, 4.69) is 16.2 Å². The van der Waals surface area contributed by atoms with E-state index in [1.165, 1.54) is 4.88 Å². The highest BCUT2D eigenvalue weighted by molar-refractivity contribution is 7.09. The molecule has 1 heterocycles. The van der Waals surface area contributed by atoms with E-state index < -0.39 is 11.8 Å². The van der Waals surface area contributed by atoms with Crippen LogP contribution in [0.2, 0.25) is 0 Å². The van der Waals surface area contributed by atoms with E-state index in [0.29, 0.717) is 6.42 Å². The van der Waals surface area contributed by atoms with E-state index in [1.54, 1.807) is 18.3 Å². The fourth-order valence-corrected chi connectivity index (χ4v) is 2.28. The molecule has 4 heteroatoms. The largest absolute Gasteiger partial charge is 0.460 e. The molecule has 0 radical (unpaired) electrons. The quantitative estimate of drug-likeness (QED) is 0.407. The highest BCUT2D eigenvalue weighted by atomic mass is 32.1. The first-order valence-corrected chi connectivity index (χ1v) is 6.84. The summed E-state index contributed by atoms with van der Waals surface area (Å²) < 4.78 is 4.63. The lowest BCUT2D eigenvalue weighted by atomic mass is 10.1. The molecule has 1 aromatic rings. The summed E-state index contributed by atoms with van der Waals surface area (Å²) in [5, 5.41) is 2.07. The molecule has 94 valence electrons. The lowest BCUT2D eigenvalue weighted by Crippen LogP contribution is -2.16. The predicted octanol–water partition coefficient (Wildman–Crippen LogP) is 2.98. The number of carbonyl (C=O) groups excluding carboxylic acids is 2. The van der Waals surface area contributed by atoms with E-state index in [9.17, 15) is 9.59 Å². The van der Waals surface area contributed by atoms with Gasteiger partial charge in [-0.15, -0.1) is 11.3 Å². The van der Waals surface area contributed by atoms with Gasteiger partial charge in [0.05, 0.1) is 6.61 Å². The second-order valence-electron chi connectivity index (χ2n) is 3.78. The Bertz CT molecular complexity index is 344. The minimum Gasteiger partial charge on any atom is -0.460 e. The van der Waals surface area contributed by atoms with Gasteiger partial charge in [-0.05, 0) is 37.6 Å². The van der Waals surface area contributed by atoms with Crippen LogP contribution in [0.5, 0.6) is 0 Å². The molecule has 0 aromatic carbocycles. The van der Waals surface area contributed by atoms with E-state index in [-0.39, 0.29) is 6.61 Å². The summed E-state index contributed by atoms with van der Waals surface area (Å²) in [6, 6.07) is 4.17. The van der Waals surface area contributed by atoms with E-state index in [0.717, 1.165) is 25.7 Å². The number of thiophene rings is 1. The molecular weight excluding hydrogens is 236 g/mol. The van der Waals surface area contributed by atoms with Gasteiger partial charge in [0, 0.05) is 11.3 Å². The highest BCUT2D eigenvalue weighted by Crippen LogP contribution is 2.13. The topological polar surface area (TPSA) is 43.4 Å². The first kappa shape index (κ1) is 13.9. The molecule has 0 aliphatic rings. The number of ketones is 1. The zero-order chi connectivity index (χ0) is 12.5. The predicted molar refractivity (Wildman–Crippen MR) is 68.1 cm³/mol. The molecular formula is C13H18O3S. The molecule has 17 heavy (non-hydrogen) atoms. The van der Waals surface area contributed by atoms with Crippen LogP contribution in [0.3, 0.4) is 0 Å². The minimum absolute atomic E-state index is 0.267. The standard InChI is InChI=1S/C13H18O3S/c1-2-16-13(15)12(14)9-5-3-4-7-11-8-6-10-17-11/h6,8,10H,2-5,7,9H2,1H3. The Balaban J connectivity index is 2.04. The van der Waals surface area contributed by atoms with Crippen molar-refractivity contribution >= 4 is 23.1 Å². The molecule has 0 unspecified atom stereocenters. The molecule has 0 saturated carbocycles. The van der Waals surface area contributed by atoms with Crippen molar-refractivity contribution in [2.75, 3.05) is 6.61 Å². The Morgan fingerprint density at radius 2 is 2.12 bits per heavy atom. The van der Waals surface area contributed by atoms with Crippen LogP contribution in [-0.2, 0) is 20.7 Å². The zero-order valence-electron chi connectivity index (χ0n) is 10.1. The number of Topliss-reactive ketones (excluding diaryl/α,β-unsaturated/α-hetero) is 1. The van der Waals surface area contributed by atoms with Crippen LogP contribution in [0.1, 0.15) is 37.5 Å². The van der Waals surface area contributed by atoms with Crippen molar-refractivity contribution in [2.24, 2.45) is 0 Å². The van der Waals surface area contributed by atoms with Crippen molar-refractivity contribution in [3.8, 4) is 0 Å². The Labute approximate surface area is 106 Å². The van der Waals surface area contributed by atoms with Gasteiger partial charge >= 0.3 is 5.97 Å². The van der Waals surface area contributed by atoms with Crippen molar-refractivity contribution in [2.45, 2.75) is 39.0 Å². The normalized spacial score (nSPS) is 10.2. The third-order valence-corrected chi connectivity index (χ3v) is 3.35. The van der Waals surface area contributed by atoms with Crippen LogP contribution in [-0.4, -0.2) is 18.4 Å². The van der Waals surface area contributed by atoms with Crippen LogP contribution < -0.4 is 0 Å². The van der Waals surface area contributed by atoms with Crippen molar-refractivity contribution in [1.29, 1.82) is 0 Å². The number of unbranched alkanes of at least 4 members (excludes halogenated alkanes) is 2. The molecule has 0 N–H and O–H groups in total. The number of carbonyl (C=O) groups is 2. The third-order valence-electron chi connectivity index (χ3n) is 2.41. The molecule has 1 aromatic heterocycles. The van der Waals surface area contributed by atoms with Crippen molar-refractivity contribution in [1.82, 2.24) is 0 Å². The van der Waals surface area contributed by atoms with Crippen LogP contribution in [0.4, 0.5) is 0 Å². The molecule has 0 spiro atoms. The monoisotopic (exact) mass is 254 g/mol. The van der Waals surface area contributed by atoms with Gasteiger partial charge in [0.25, 0.3) is 0 Å². The molecule has 0 aliphatic heterocycles. The minimum atomic E-state index is -0.689. The maximum atomic E-state index is 11.3. The summed E-state index contributed by atoms with van der Waals surface area (Å²) in [4.78, 5) is 23.7. The second kappa shape index (κ2) is 8.01. The number of hydrogen-bond acceptors (Lipinski definition) is 4. The molecule has 1 rings (SSSR count). The van der Waals surface area contributed by atoms with E-state index in [4.69, 9.17) is 0 Å². The van der Waals surface area contributed by atoms with Crippen LogP contribution in [0.25, 0.3) is 0 Å². The van der Waals surface area contributed by atoms with Crippen molar-refractivity contribution in [3.63, 3.8) is 0 Å². The van der Waals surface area contributed by atoms with E-state index in [1.807, 2.05) is 6.07 Å². The van der Waals surface area contributed by atoms with Crippen LogP contribution >= 0.6 is 11.3 Å². The summed E-state index contributed by atoms with van der Waals surface area (Å²) in [6.45, 7) is 1.97. The van der Waals surface area contributed by atoms with Crippen molar-refractivity contribution in [3.05, 3.63) is 22.4 Å². The number of ether oxygens (including phenoxy) is 1. The van der Waals surface area contributed by atoms with Gasteiger partial charge in [-0.25, -0.2) is 4.79 Å². The molecule has 0 aliphatic carbocycles. The number of rotatable bonds is 8. The Hall–Kier alpha value is -1.16. The third kappa shape index (κ3) is 5.63. The summed E-state index contributed by atoms with van der Waals surface area (Å²) in [7, 11) is 0. The van der Waals surface area contributed by atoms with Gasteiger partial charge in [-0.2, -0.15) is 0 Å². The van der Waals surface area contributed by atoms with Gasteiger partial charge in [0.2, 0.25) is 5.78 Å². The Morgan fingerprint density at radius 3 is 2.76 bits per heavy atom. The summed E-state index contributed by atoms with van der Waals surface area (Å²) in [5.74, 6) is -1.09. The molecule has 0 amide bonds. The lowest BCUT2D eigenvalue weighted by Gasteiger charge is -2.01. The molecule has 0 saturated heterocycles. The average Bonchev–Trinajstić information content (AvgIpc) is 2.81. The summed E-state index contributed by atoms with van der Waals surface area (Å²) in [6.07, 6.45) is 4.18. The molecule has 0 atom stereocenters. The molecule has 0 fully saturated rings. The molecule has 3 nitrogen and oxygen atoms in total. The fourth-order valence-electron chi connectivity index (χ4n) is 1.53. The van der Waals surface area contributed by atoms with Crippen LogP contribution in [0, 0.1) is 0 Å². The van der Waals surface area contributed by atoms with Gasteiger partial charge in [0.15, 0.2) is 0 Å². The lowest BCUT2D eigenvalue weighted by molar-refractivity contribution is -0.153. The highest BCUT2D eigenvalue weighted by Gasteiger charge is 2.13. The van der Waals surface area contributed by atoms with Crippen molar-refractivity contribution < 1.29 is 14.3 Å². The second-order valence-corrected chi connectivity index (χ2v) is 4.82. The number of esters is 1. The van der Waals surface area contributed by atoms with Gasteiger partial charge in [0.1, 0.15) is 0 Å². The van der Waals surface area contributed by atoms with Gasteiger partial charge in [-0.1, -0.05) is 12.5 Å². The SMILES string of the molecule is CCOC(=O)C(=O)CCCCCc1cccs1. The Morgan fingerprint density at radius 1 is 1.29 bits per heavy atom. The number of aryl methyl sites for hydroxylation is 1. The van der Waals surface area contributed by atoms with Crippen LogP contribution in [0.15, 0.2) is 17.5 Å². The maximum absolute atomic E-state index is 11.3. The van der Waals surface area contributed by atoms with Gasteiger partial charge < -0.3 is 4.74 Å². The number of hydrogen-bond donors (Lipinski definition) is 0. The average molecular weight is 254 g/mol. The first-order chi connectivity index (χ1) is 8.24.